The number of nitrogens with zero attached hydrogens (tertiary/aromatic N) is 1. The Morgan fingerprint density at radius 3 is 2.32 bits per heavy atom. The molecule has 0 atom stereocenters. The van der Waals surface area contributed by atoms with E-state index in [1.807, 2.05) is 20.8 Å². The number of amides is 2. The summed E-state index contributed by atoms with van der Waals surface area (Å²) in [6.07, 6.45) is 1.22. The average Bonchev–Trinajstić information content (AvgIpc) is 2.34. The van der Waals surface area contributed by atoms with Gasteiger partial charge in [-0.25, -0.2) is 4.79 Å². The van der Waals surface area contributed by atoms with Crippen LogP contribution < -0.4 is 5.32 Å². The predicted octanol–water partition coefficient (Wildman–Crippen LogP) is 1.15. The smallest absolute Gasteiger partial charge is 0.410 e. The van der Waals surface area contributed by atoms with E-state index in [0.29, 0.717) is 13.1 Å². The van der Waals surface area contributed by atoms with Gasteiger partial charge < -0.3 is 19.7 Å². The second-order valence-corrected chi connectivity index (χ2v) is 5.65. The number of carbonyl (C=O) groups is 2. The summed E-state index contributed by atoms with van der Waals surface area (Å²) in [6.45, 7) is 6.84. The fourth-order valence-electron chi connectivity index (χ4n) is 1.80. The van der Waals surface area contributed by atoms with Crippen molar-refractivity contribution in [3.05, 3.63) is 0 Å². The third kappa shape index (κ3) is 5.92. The van der Waals surface area contributed by atoms with E-state index in [1.165, 1.54) is 0 Å². The van der Waals surface area contributed by atoms with E-state index in [-0.39, 0.29) is 24.7 Å². The van der Waals surface area contributed by atoms with Gasteiger partial charge in [0, 0.05) is 20.1 Å². The lowest BCUT2D eigenvalue weighted by atomic mass is 10.1. The zero-order valence-electron chi connectivity index (χ0n) is 12.2. The van der Waals surface area contributed by atoms with E-state index in [0.717, 1.165) is 12.8 Å². The minimum Gasteiger partial charge on any atom is -0.444 e. The van der Waals surface area contributed by atoms with Crippen LogP contribution in [0.2, 0.25) is 0 Å². The molecule has 0 spiro atoms. The van der Waals surface area contributed by atoms with Gasteiger partial charge in [-0.2, -0.15) is 0 Å². The van der Waals surface area contributed by atoms with Crippen LogP contribution in [0.5, 0.6) is 0 Å². The minimum atomic E-state index is -0.469. The lowest BCUT2D eigenvalue weighted by molar-refractivity contribution is -0.128. The van der Waals surface area contributed by atoms with Gasteiger partial charge in [-0.15, -0.1) is 0 Å². The van der Waals surface area contributed by atoms with Gasteiger partial charge >= 0.3 is 6.09 Å². The first-order chi connectivity index (χ1) is 8.81. The molecule has 0 aromatic carbocycles. The number of nitrogens with one attached hydrogen (secondary N) is 1. The summed E-state index contributed by atoms with van der Waals surface area (Å²) in [5, 5.41) is 2.51. The van der Waals surface area contributed by atoms with Crippen LogP contribution in [0.1, 0.15) is 33.6 Å². The summed E-state index contributed by atoms with van der Waals surface area (Å²) in [6, 6.07) is 0. The van der Waals surface area contributed by atoms with Crippen molar-refractivity contribution >= 4 is 12.0 Å². The molecule has 1 aliphatic heterocycles. The molecule has 1 fully saturated rings. The quantitative estimate of drug-likeness (QED) is 0.837. The first-order valence-electron chi connectivity index (χ1n) is 6.62. The van der Waals surface area contributed by atoms with Crippen LogP contribution in [-0.2, 0) is 14.3 Å². The molecule has 19 heavy (non-hydrogen) atoms. The molecule has 1 heterocycles. The van der Waals surface area contributed by atoms with Crippen molar-refractivity contribution in [3.63, 3.8) is 0 Å². The van der Waals surface area contributed by atoms with Gasteiger partial charge in [-0.1, -0.05) is 0 Å². The lowest BCUT2D eigenvalue weighted by Gasteiger charge is -2.33. The topological polar surface area (TPSA) is 67.9 Å². The van der Waals surface area contributed by atoms with E-state index in [4.69, 9.17) is 9.47 Å². The van der Waals surface area contributed by atoms with Gasteiger partial charge in [0.15, 0.2) is 0 Å². The first kappa shape index (κ1) is 15.8. The molecule has 2 amide bonds. The number of ether oxygens (including phenoxy) is 2. The van der Waals surface area contributed by atoms with Crippen molar-refractivity contribution in [2.24, 2.45) is 0 Å². The average molecular weight is 272 g/mol. The molecule has 110 valence electrons. The number of hydrogen-bond donors (Lipinski definition) is 1. The van der Waals surface area contributed by atoms with Crippen LogP contribution in [0.25, 0.3) is 0 Å². The van der Waals surface area contributed by atoms with Crippen molar-refractivity contribution in [2.45, 2.75) is 45.3 Å². The molecule has 6 heteroatoms. The highest BCUT2D eigenvalue weighted by Crippen LogP contribution is 2.17. The Balaban J connectivity index is 2.29. The Hall–Kier alpha value is -1.30. The van der Waals surface area contributed by atoms with Crippen LogP contribution in [-0.4, -0.2) is 55.3 Å². The van der Waals surface area contributed by atoms with E-state index >= 15 is 0 Å². The highest BCUT2D eigenvalue weighted by atomic mass is 16.6. The van der Waals surface area contributed by atoms with Crippen LogP contribution in [0.4, 0.5) is 4.79 Å². The Kier molecular flexibility index (Phi) is 5.60. The van der Waals surface area contributed by atoms with E-state index in [9.17, 15) is 9.59 Å². The van der Waals surface area contributed by atoms with E-state index in [1.54, 1.807) is 11.9 Å². The van der Waals surface area contributed by atoms with Crippen LogP contribution in [0.3, 0.4) is 0 Å². The van der Waals surface area contributed by atoms with E-state index in [2.05, 4.69) is 5.32 Å². The summed E-state index contributed by atoms with van der Waals surface area (Å²) >= 11 is 0. The summed E-state index contributed by atoms with van der Waals surface area (Å²) in [5.41, 5.74) is -0.469. The molecular weight excluding hydrogens is 248 g/mol. The third-order valence-electron chi connectivity index (χ3n) is 2.82. The maximum absolute atomic E-state index is 11.8. The molecule has 6 nitrogen and oxygen atoms in total. The molecule has 0 unspecified atom stereocenters. The molecule has 1 aliphatic rings. The van der Waals surface area contributed by atoms with Crippen LogP contribution >= 0.6 is 0 Å². The maximum atomic E-state index is 11.8. The molecule has 1 rings (SSSR count). The van der Waals surface area contributed by atoms with Crippen LogP contribution in [0.15, 0.2) is 0 Å². The molecule has 0 radical (unpaired) electrons. The van der Waals surface area contributed by atoms with Gasteiger partial charge in [-0.05, 0) is 33.6 Å². The fourth-order valence-corrected chi connectivity index (χ4v) is 1.80. The van der Waals surface area contributed by atoms with Gasteiger partial charge in [0.05, 0.1) is 6.10 Å². The molecule has 1 saturated heterocycles. The zero-order chi connectivity index (χ0) is 14.5. The molecule has 0 aromatic rings. The Morgan fingerprint density at radius 1 is 1.26 bits per heavy atom. The number of rotatable bonds is 3. The maximum Gasteiger partial charge on any atom is 0.410 e. The van der Waals surface area contributed by atoms with Gasteiger partial charge in [0.25, 0.3) is 0 Å². The molecule has 1 N–H and O–H groups in total. The molecule has 0 aromatic heterocycles. The highest BCUT2D eigenvalue weighted by Gasteiger charge is 2.27. The second kappa shape index (κ2) is 6.75. The normalized spacial score (nSPS) is 17.2. The Labute approximate surface area is 114 Å². The molecule has 0 bridgehead atoms. The summed E-state index contributed by atoms with van der Waals surface area (Å²) in [7, 11) is 1.58. The SMILES string of the molecule is CNC(=O)COC1CCN(C(=O)OC(C)(C)C)CC1. The van der Waals surface area contributed by atoms with Gasteiger partial charge in [0.2, 0.25) is 5.91 Å². The summed E-state index contributed by atoms with van der Waals surface area (Å²) < 4.78 is 10.8. The number of likely N-dealkylation sites (N-methyl/N-ethyl adjacent to an activating group) is 1. The van der Waals surface area contributed by atoms with Crippen molar-refractivity contribution in [2.75, 3.05) is 26.7 Å². The van der Waals surface area contributed by atoms with Gasteiger partial charge in [0.1, 0.15) is 12.2 Å². The van der Waals surface area contributed by atoms with Crippen molar-refractivity contribution < 1.29 is 19.1 Å². The number of piperidine rings is 1. The third-order valence-corrected chi connectivity index (χ3v) is 2.82. The lowest BCUT2D eigenvalue weighted by Crippen LogP contribution is -2.44. The van der Waals surface area contributed by atoms with Crippen LogP contribution in [0, 0.1) is 0 Å². The Bertz CT molecular complexity index is 317. The van der Waals surface area contributed by atoms with Crippen molar-refractivity contribution in [1.82, 2.24) is 10.2 Å². The first-order valence-corrected chi connectivity index (χ1v) is 6.62. The summed E-state index contributed by atoms with van der Waals surface area (Å²) in [4.78, 5) is 24.6. The number of likely N-dealkylation sites (tertiary alicyclic amines) is 1. The molecular formula is C13H24N2O4. The molecule has 0 saturated carbocycles. The number of carbonyl (C=O) groups excluding carboxylic acids is 2. The number of hydrogen-bond acceptors (Lipinski definition) is 4. The summed E-state index contributed by atoms with van der Waals surface area (Å²) in [5.74, 6) is -0.130. The fraction of sp³-hybridized carbons (Fsp3) is 0.846. The van der Waals surface area contributed by atoms with Crippen molar-refractivity contribution in [3.8, 4) is 0 Å². The Morgan fingerprint density at radius 2 is 1.84 bits per heavy atom. The predicted molar refractivity (Wildman–Crippen MR) is 70.8 cm³/mol. The van der Waals surface area contributed by atoms with Gasteiger partial charge in [-0.3, -0.25) is 4.79 Å². The second-order valence-electron chi connectivity index (χ2n) is 5.65. The largest absolute Gasteiger partial charge is 0.444 e. The monoisotopic (exact) mass is 272 g/mol. The van der Waals surface area contributed by atoms with Crippen molar-refractivity contribution in [1.29, 1.82) is 0 Å². The standard InChI is InChI=1S/C13H24N2O4/c1-13(2,3)19-12(17)15-7-5-10(6-8-15)18-9-11(16)14-4/h10H,5-9H2,1-4H3,(H,14,16). The highest BCUT2D eigenvalue weighted by molar-refractivity contribution is 5.76. The van der Waals surface area contributed by atoms with E-state index < -0.39 is 5.60 Å². The zero-order valence-corrected chi connectivity index (χ0v) is 12.2. The minimum absolute atomic E-state index is 0.0380. The molecule has 0 aliphatic carbocycles.